The molecule has 0 aromatic carbocycles. The van der Waals surface area contributed by atoms with E-state index in [-0.39, 0.29) is 12.1 Å². The van der Waals surface area contributed by atoms with Crippen LogP contribution in [0.3, 0.4) is 0 Å². The molecule has 1 aliphatic heterocycles. The van der Waals surface area contributed by atoms with Crippen molar-refractivity contribution in [2.45, 2.75) is 86.3 Å². The molecule has 0 aromatic heterocycles. The maximum Gasteiger partial charge on any atom is 0.110 e. The monoisotopic (exact) mass is 371 g/mol. The molecular weight excluding hydrogens is 329 g/mol. The van der Waals surface area contributed by atoms with Gasteiger partial charge in [-0.05, 0) is 65.2 Å². The van der Waals surface area contributed by atoms with E-state index in [1.54, 1.807) is 0 Å². The van der Waals surface area contributed by atoms with Gasteiger partial charge in [0, 0.05) is 25.6 Å². The molecule has 1 rings (SSSR count). The Balaban J connectivity index is 2.41. The Kier molecular flexibility index (Phi) is 11.3. The first kappa shape index (κ1) is 24.2. The normalized spacial score (nSPS) is 23.6. The number of allylic oxidation sites excluding steroid dienone is 5. The second-order valence-corrected chi connectivity index (χ2v) is 8.99. The lowest BCUT2D eigenvalue weighted by Gasteiger charge is -2.40. The molecule has 0 N–H and O–H groups in total. The van der Waals surface area contributed by atoms with Gasteiger partial charge in [-0.15, -0.1) is 0 Å². The van der Waals surface area contributed by atoms with Crippen molar-refractivity contribution in [2.24, 2.45) is 11.8 Å². The summed E-state index contributed by atoms with van der Waals surface area (Å²) < 4.78 is 5.99. The molecule has 152 valence electrons. The van der Waals surface area contributed by atoms with Crippen LogP contribution in [0.15, 0.2) is 34.9 Å². The number of ether oxygens (including phenoxy) is 1. The molecule has 1 aliphatic rings. The second kappa shape index (κ2) is 12.6. The quantitative estimate of drug-likeness (QED) is 0.350. The van der Waals surface area contributed by atoms with Crippen molar-refractivity contribution in [2.75, 3.05) is 19.6 Å². The van der Waals surface area contributed by atoms with Gasteiger partial charge in [0.15, 0.2) is 0 Å². The standard InChI is InChI=1S/C24H42BNO/c1-18(2)10-8-11-20(5)12-9-13-21(6)14-15-26-16-23(22(7)19(3)4)27-24(25)17-26/h10,12,14,19,22-24H,8-9,11,13,15-17H2,1-7H3/b20-12+,21-14+. The highest BCUT2D eigenvalue weighted by atomic mass is 16.5. The zero-order chi connectivity index (χ0) is 20.4. The minimum Gasteiger partial charge on any atom is -0.382 e. The summed E-state index contributed by atoms with van der Waals surface area (Å²) in [7, 11) is 6.14. The molecule has 3 unspecified atom stereocenters. The smallest absolute Gasteiger partial charge is 0.110 e. The van der Waals surface area contributed by atoms with Gasteiger partial charge in [-0.2, -0.15) is 0 Å². The van der Waals surface area contributed by atoms with Crippen molar-refractivity contribution in [1.82, 2.24) is 4.90 Å². The summed E-state index contributed by atoms with van der Waals surface area (Å²) in [5.41, 5.74) is 4.39. The van der Waals surface area contributed by atoms with E-state index in [0.29, 0.717) is 11.8 Å². The van der Waals surface area contributed by atoms with Crippen molar-refractivity contribution in [3.05, 3.63) is 34.9 Å². The van der Waals surface area contributed by atoms with Crippen LogP contribution in [0.1, 0.15) is 74.1 Å². The molecule has 2 nitrogen and oxygen atoms in total. The zero-order valence-corrected chi connectivity index (χ0v) is 18.9. The van der Waals surface area contributed by atoms with Crippen LogP contribution in [0.25, 0.3) is 0 Å². The SMILES string of the molecule is [B]C1CN(C/C=C(\C)CC/C=C(\C)CCC=C(C)C)CC(C(C)C(C)C)O1. The third-order valence-electron chi connectivity index (χ3n) is 5.68. The highest BCUT2D eigenvalue weighted by Crippen LogP contribution is 2.23. The fraction of sp³-hybridized carbons (Fsp3) is 0.750. The van der Waals surface area contributed by atoms with Crippen LogP contribution in [0.4, 0.5) is 0 Å². The predicted octanol–water partition coefficient (Wildman–Crippen LogP) is 5.89. The highest BCUT2D eigenvalue weighted by Gasteiger charge is 2.29. The third-order valence-corrected chi connectivity index (χ3v) is 5.68. The van der Waals surface area contributed by atoms with Crippen LogP contribution < -0.4 is 0 Å². The number of morpholine rings is 1. The predicted molar refractivity (Wildman–Crippen MR) is 120 cm³/mol. The summed E-state index contributed by atoms with van der Waals surface area (Å²) in [5.74, 6) is 1.15. The number of hydrogen-bond donors (Lipinski definition) is 0. The van der Waals surface area contributed by atoms with E-state index in [0.717, 1.165) is 38.9 Å². The summed E-state index contributed by atoms with van der Waals surface area (Å²) in [5, 5.41) is 0. The van der Waals surface area contributed by atoms with E-state index in [1.807, 2.05) is 0 Å². The van der Waals surface area contributed by atoms with Crippen molar-refractivity contribution >= 4 is 7.85 Å². The average Bonchev–Trinajstić information content (AvgIpc) is 2.58. The highest BCUT2D eigenvalue weighted by molar-refractivity contribution is 6.11. The molecule has 1 heterocycles. The maximum absolute atomic E-state index is 6.14. The Bertz CT molecular complexity index is 516. The van der Waals surface area contributed by atoms with Gasteiger partial charge in [-0.3, -0.25) is 4.90 Å². The summed E-state index contributed by atoms with van der Waals surface area (Å²) in [6.45, 7) is 18.4. The lowest BCUT2D eigenvalue weighted by Crippen LogP contribution is -2.50. The van der Waals surface area contributed by atoms with Crippen LogP contribution in [-0.4, -0.2) is 44.5 Å². The third kappa shape index (κ3) is 10.4. The van der Waals surface area contributed by atoms with Gasteiger partial charge in [0.2, 0.25) is 0 Å². The fourth-order valence-corrected chi connectivity index (χ4v) is 3.39. The average molecular weight is 371 g/mol. The fourth-order valence-electron chi connectivity index (χ4n) is 3.39. The van der Waals surface area contributed by atoms with Gasteiger partial charge in [-0.25, -0.2) is 0 Å². The van der Waals surface area contributed by atoms with Gasteiger partial charge in [0.05, 0.1) is 6.10 Å². The Morgan fingerprint density at radius 2 is 1.56 bits per heavy atom. The van der Waals surface area contributed by atoms with E-state index in [1.165, 1.54) is 23.1 Å². The van der Waals surface area contributed by atoms with Crippen LogP contribution in [-0.2, 0) is 4.74 Å². The van der Waals surface area contributed by atoms with E-state index >= 15 is 0 Å². The number of nitrogens with zero attached hydrogens (tertiary/aromatic N) is 1. The Morgan fingerprint density at radius 3 is 2.15 bits per heavy atom. The first-order chi connectivity index (χ1) is 12.7. The first-order valence-electron chi connectivity index (χ1n) is 10.8. The molecule has 27 heavy (non-hydrogen) atoms. The van der Waals surface area contributed by atoms with Gasteiger partial charge in [0.25, 0.3) is 0 Å². The minimum absolute atomic E-state index is 0.162. The molecule has 1 fully saturated rings. The van der Waals surface area contributed by atoms with Crippen LogP contribution in [0, 0.1) is 11.8 Å². The van der Waals surface area contributed by atoms with Gasteiger partial charge < -0.3 is 4.74 Å². The lowest BCUT2D eigenvalue weighted by molar-refractivity contribution is -0.0784. The Morgan fingerprint density at radius 1 is 0.963 bits per heavy atom. The first-order valence-corrected chi connectivity index (χ1v) is 10.8. The molecule has 0 spiro atoms. The van der Waals surface area contributed by atoms with Crippen molar-refractivity contribution in [1.29, 1.82) is 0 Å². The molecular formula is C24H42BNO. The topological polar surface area (TPSA) is 12.5 Å². The van der Waals surface area contributed by atoms with Crippen LogP contribution in [0.2, 0.25) is 0 Å². The summed E-state index contributed by atoms with van der Waals surface area (Å²) in [6.07, 6.45) is 12.0. The molecule has 0 saturated carbocycles. The Labute approximate surface area is 170 Å². The number of hydrogen-bond acceptors (Lipinski definition) is 2. The maximum atomic E-state index is 6.14. The van der Waals surface area contributed by atoms with Crippen molar-refractivity contribution in [3.63, 3.8) is 0 Å². The molecule has 0 bridgehead atoms. The number of rotatable bonds is 10. The van der Waals surface area contributed by atoms with Gasteiger partial charge >= 0.3 is 0 Å². The molecule has 0 amide bonds. The molecule has 3 atom stereocenters. The molecule has 0 aromatic rings. The minimum atomic E-state index is -0.162. The molecule has 3 heteroatoms. The zero-order valence-electron chi connectivity index (χ0n) is 18.9. The van der Waals surface area contributed by atoms with Gasteiger partial charge in [-0.1, -0.05) is 55.7 Å². The molecule has 0 aliphatic carbocycles. The van der Waals surface area contributed by atoms with Crippen molar-refractivity contribution in [3.8, 4) is 0 Å². The van der Waals surface area contributed by atoms with E-state index in [4.69, 9.17) is 12.6 Å². The van der Waals surface area contributed by atoms with Crippen LogP contribution in [0.5, 0.6) is 0 Å². The largest absolute Gasteiger partial charge is 0.382 e. The van der Waals surface area contributed by atoms with Crippen molar-refractivity contribution < 1.29 is 4.74 Å². The van der Waals surface area contributed by atoms with E-state index in [2.05, 4.69) is 71.6 Å². The van der Waals surface area contributed by atoms with E-state index in [9.17, 15) is 0 Å². The summed E-state index contributed by atoms with van der Waals surface area (Å²) in [4.78, 5) is 2.45. The lowest BCUT2D eigenvalue weighted by atomic mass is 9.88. The molecule has 1 saturated heterocycles. The van der Waals surface area contributed by atoms with E-state index < -0.39 is 0 Å². The Hall–Kier alpha value is -0.795. The van der Waals surface area contributed by atoms with Gasteiger partial charge in [0.1, 0.15) is 7.85 Å². The summed E-state index contributed by atoms with van der Waals surface area (Å²) >= 11 is 0. The van der Waals surface area contributed by atoms with Crippen LogP contribution >= 0.6 is 0 Å². The summed E-state index contributed by atoms with van der Waals surface area (Å²) in [6, 6.07) is -0.162. The molecule has 2 radical (unpaired) electrons. The second-order valence-electron chi connectivity index (χ2n) is 8.99.